The van der Waals surface area contributed by atoms with Gasteiger partial charge >= 0.3 is 0 Å². The van der Waals surface area contributed by atoms with Gasteiger partial charge in [-0.1, -0.05) is 29.8 Å². The van der Waals surface area contributed by atoms with Crippen LogP contribution in [-0.4, -0.2) is 38.4 Å². The number of carbonyl (C=O) groups excluding carboxylic acids is 1. The van der Waals surface area contributed by atoms with E-state index >= 15 is 0 Å². The summed E-state index contributed by atoms with van der Waals surface area (Å²) in [7, 11) is 0. The maximum absolute atomic E-state index is 12.8. The van der Waals surface area contributed by atoms with E-state index in [2.05, 4.69) is 45.7 Å². The van der Waals surface area contributed by atoms with E-state index in [0.29, 0.717) is 6.42 Å². The summed E-state index contributed by atoms with van der Waals surface area (Å²) in [5.74, 6) is 1.57. The molecule has 0 radical (unpaired) electrons. The van der Waals surface area contributed by atoms with Crippen molar-refractivity contribution in [1.29, 1.82) is 0 Å². The van der Waals surface area contributed by atoms with E-state index in [1.54, 1.807) is 0 Å². The molecule has 1 saturated heterocycles. The van der Waals surface area contributed by atoms with Crippen molar-refractivity contribution in [3.63, 3.8) is 0 Å². The van der Waals surface area contributed by atoms with Gasteiger partial charge in [0.1, 0.15) is 5.82 Å². The molecule has 0 unspecified atom stereocenters. The van der Waals surface area contributed by atoms with Crippen LogP contribution >= 0.6 is 0 Å². The molecule has 1 fully saturated rings. The summed E-state index contributed by atoms with van der Waals surface area (Å²) in [6, 6.07) is 12.3. The topological polar surface area (TPSA) is 51.0 Å². The van der Waals surface area contributed by atoms with E-state index in [1.807, 2.05) is 41.8 Å². The van der Waals surface area contributed by atoms with Crippen LogP contribution in [-0.2, 0) is 17.8 Å². The van der Waals surface area contributed by atoms with E-state index in [0.717, 1.165) is 43.9 Å². The van der Waals surface area contributed by atoms with Crippen LogP contribution in [0.4, 0.5) is 0 Å². The minimum absolute atomic E-state index is 0.209. The van der Waals surface area contributed by atoms with E-state index in [1.165, 1.54) is 11.1 Å². The summed E-state index contributed by atoms with van der Waals surface area (Å²) in [4.78, 5) is 23.6. The number of piperidine rings is 1. The Labute approximate surface area is 166 Å². The lowest BCUT2D eigenvalue weighted by Gasteiger charge is -2.33. The highest BCUT2D eigenvalue weighted by molar-refractivity contribution is 5.79. The molecule has 144 valence electrons. The molecule has 5 nitrogen and oxygen atoms in total. The Morgan fingerprint density at radius 3 is 2.64 bits per heavy atom. The average Bonchev–Trinajstić information content (AvgIpc) is 3.19. The average molecular weight is 374 g/mol. The van der Waals surface area contributed by atoms with Crippen molar-refractivity contribution in [3.8, 4) is 0 Å². The fraction of sp³-hybridized carbons (Fsp3) is 0.348. The third kappa shape index (κ3) is 4.30. The van der Waals surface area contributed by atoms with Crippen LogP contribution in [0.15, 0.2) is 61.2 Å². The molecule has 1 amide bonds. The number of pyridine rings is 1. The first kappa shape index (κ1) is 18.4. The molecule has 3 heterocycles. The summed E-state index contributed by atoms with van der Waals surface area (Å²) < 4.78 is 2.20. The zero-order chi connectivity index (χ0) is 19.3. The van der Waals surface area contributed by atoms with Gasteiger partial charge in [-0.2, -0.15) is 0 Å². The van der Waals surface area contributed by atoms with Gasteiger partial charge in [-0.15, -0.1) is 0 Å². The Kier molecular flexibility index (Phi) is 5.51. The summed E-state index contributed by atoms with van der Waals surface area (Å²) in [6.07, 6.45) is 10.1. The number of likely N-dealkylation sites (tertiary alicyclic amines) is 1. The number of carbonyl (C=O) groups is 1. The molecule has 28 heavy (non-hydrogen) atoms. The number of rotatable bonds is 5. The first-order chi connectivity index (χ1) is 13.7. The van der Waals surface area contributed by atoms with Gasteiger partial charge < -0.3 is 9.47 Å². The van der Waals surface area contributed by atoms with E-state index in [4.69, 9.17) is 0 Å². The number of nitrogens with zero attached hydrogens (tertiary/aromatic N) is 4. The Morgan fingerprint density at radius 2 is 1.86 bits per heavy atom. The fourth-order valence-corrected chi connectivity index (χ4v) is 3.91. The van der Waals surface area contributed by atoms with Gasteiger partial charge in [0.25, 0.3) is 0 Å². The van der Waals surface area contributed by atoms with E-state index in [9.17, 15) is 4.79 Å². The molecule has 0 spiro atoms. The number of imidazole rings is 1. The van der Waals surface area contributed by atoms with Gasteiger partial charge in [-0.25, -0.2) is 4.98 Å². The van der Waals surface area contributed by atoms with Crippen LogP contribution in [0.1, 0.15) is 41.3 Å². The van der Waals surface area contributed by atoms with Crippen molar-refractivity contribution in [1.82, 2.24) is 19.4 Å². The number of hydrogen-bond acceptors (Lipinski definition) is 3. The third-order valence-electron chi connectivity index (χ3n) is 5.47. The predicted molar refractivity (Wildman–Crippen MR) is 109 cm³/mol. The molecule has 2 aromatic heterocycles. The van der Waals surface area contributed by atoms with Crippen LogP contribution in [0, 0.1) is 6.92 Å². The van der Waals surface area contributed by atoms with Gasteiger partial charge in [-0.3, -0.25) is 9.78 Å². The van der Waals surface area contributed by atoms with Crippen LogP contribution < -0.4 is 0 Å². The fourth-order valence-electron chi connectivity index (χ4n) is 3.91. The minimum atomic E-state index is 0.209. The molecule has 0 aliphatic carbocycles. The van der Waals surface area contributed by atoms with Gasteiger partial charge in [0.05, 0.1) is 6.42 Å². The molecule has 0 N–H and O–H groups in total. The number of aromatic nitrogens is 3. The Bertz CT molecular complexity index is 917. The summed E-state index contributed by atoms with van der Waals surface area (Å²) in [5, 5.41) is 0. The van der Waals surface area contributed by atoms with Gasteiger partial charge in [-0.05, 0) is 43.0 Å². The molecule has 1 aliphatic heterocycles. The summed E-state index contributed by atoms with van der Waals surface area (Å²) >= 11 is 0. The zero-order valence-corrected chi connectivity index (χ0v) is 16.3. The molecular weight excluding hydrogens is 348 g/mol. The van der Waals surface area contributed by atoms with Crippen LogP contribution in [0.5, 0.6) is 0 Å². The highest BCUT2D eigenvalue weighted by Gasteiger charge is 2.27. The quantitative estimate of drug-likeness (QED) is 0.686. The van der Waals surface area contributed by atoms with Crippen molar-refractivity contribution in [2.24, 2.45) is 0 Å². The number of hydrogen-bond donors (Lipinski definition) is 0. The zero-order valence-electron chi connectivity index (χ0n) is 16.3. The smallest absolute Gasteiger partial charge is 0.227 e. The van der Waals surface area contributed by atoms with Crippen LogP contribution in [0.3, 0.4) is 0 Å². The van der Waals surface area contributed by atoms with Crippen LogP contribution in [0.25, 0.3) is 0 Å². The van der Waals surface area contributed by atoms with Crippen molar-refractivity contribution in [3.05, 3.63) is 83.7 Å². The highest BCUT2D eigenvalue weighted by Crippen LogP contribution is 2.26. The summed E-state index contributed by atoms with van der Waals surface area (Å²) in [5.41, 5.74) is 3.50. The lowest BCUT2D eigenvalue weighted by molar-refractivity contribution is -0.131. The minimum Gasteiger partial charge on any atom is -0.342 e. The van der Waals surface area contributed by atoms with Crippen molar-refractivity contribution in [2.75, 3.05) is 13.1 Å². The standard InChI is InChI=1S/C23H26N4O/c1-18-4-6-19(7-5-18)15-22(28)26-13-2-3-21(17-26)23-25-12-14-27(23)16-20-8-10-24-11-9-20/h4-12,14,21H,2-3,13,15-17H2,1H3/t21-/m0/s1. The largest absolute Gasteiger partial charge is 0.342 e. The molecule has 0 saturated carbocycles. The van der Waals surface area contributed by atoms with Crippen molar-refractivity contribution in [2.45, 2.75) is 38.6 Å². The molecule has 3 aromatic rings. The monoisotopic (exact) mass is 374 g/mol. The molecule has 4 rings (SSSR count). The first-order valence-corrected chi connectivity index (χ1v) is 9.92. The number of amides is 1. The van der Waals surface area contributed by atoms with Crippen LogP contribution in [0.2, 0.25) is 0 Å². The second-order valence-corrected chi connectivity index (χ2v) is 7.61. The lowest BCUT2D eigenvalue weighted by atomic mass is 9.96. The van der Waals surface area contributed by atoms with Crippen molar-refractivity contribution >= 4 is 5.91 Å². The van der Waals surface area contributed by atoms with Crippen molar-refractivity contribution < 1.29 is 4.79 Å². The third-order valence-corrected chi connectivity index (χ3v) is 5.47. The van der Waals surface area contributed by atoms with Gasteiger partial charge in [0.15, 0.2) is 0 Å². The Balaban J connectivity index is 1.43. The molecule has 1 aliphatic rings. The first-order valence-electron chi connectivity index (χ1n) is 9.92. The number of aryl methyl sites for hydroxylation is 1. The molecular formula is C23H26N4O. The van der Waals surface area contributed by atoms with Gasteiger partial charge in [0, 0.05) is 50.3 Å². The second kappa shape index (κ2) is 8.38. The molecule has 0 bridgehead atoms. The maximum Gasteiger partial charge on any atom is 0.227 e. The van der Waals surface area contributed by atoms with Gasteiger partial charge in [0.2, 0.25) is 5.91 Å². The van der Waals surface area contributed by atoms with E-state index in [-0.39, 0.29) is 11.8 Å². The summed E-state index contributed by atoms with van der Waals surface area (Å²) in [6.45, 7) is 4.44. The molecule has 1 atom stereocenters. The maximum atomic E-state index is 12.8. The normalized spacial score (nSPS) is 16.9. The second-order valence-electron chi connectivity index (χ2n) is 7.61. The highest BCUT2D eigenvalue weighted by atomic mass is 16.2. The number of benzene rings is 1. The lowest BCUT2D eigenvalue weighted by Crippen LogP contribution is -2.40. The Morgan fingerprint density at radius 1 is 1.07 bits per heavy atom. The van der Waals surface area contributed by atoms with E-state index < -0.39 is 0 Å². The SMILES string of the molecule is Cc1ccc(CC(=O)N2CCC[C@H](c3nccn3Cc3ccncc3)C2)cc1. The Hall–Kier alpha value is -2.95. The predicted octanol–water partition coefficient (Wildman–Crippen LogP) is 3.58. The molecule has 1 aromatic carbocycles. The molecule has 5 heteroatoms.